The lowest BCUT2D eigenvalue weighted by molar-refractivity contribution is -0.146. The summed E-state index contributed by atoms with van der Waals surface area (Å²) in [6.07, 6.45) is 5.85. The fourth-order valence-electron chi connectivity index (χ4n) is 4.53. The zero-order valence-corrected chi connectivity index (χ0v) is 16.0. The number of nitrogens with one attached hydrogen (secondary N) is 1. The predicted octanol–water partition coefficient (Wildman–Crippen LogP) is 4.66. The van der Waals surface area contributed by atoms with Crippen LogP contribution in [0.25, 0.3) is 0 Å². The quantitative estimate of drug-likeness (QED) is 0.769. The predicted molar refractivity (Wildman–Crippen MR) is 108 cm³/mol. The summed E-state index contributed by atoms with van der Waals surface area (Å²) in [6.45, 7) is 0. The van der Waals surface area contributed by atoms with Gasteiger partial charge in [0.15, 0.2) is 0 Å². The van der Waals surface area contributed by atoms with E-state index in [1.54, 1.807) is 0 Å². The highest BCUT2D eigenvalue weighted by Crippen LogP contribution is 2.37. The zero-order valence-electron chi connectivity index (χ0n) is 16.0. The van der Waals surface area contributed by atoms with Crippen molar-refractivity contribution in [2.45, 2.75) is 50.5 Å². The number of amides is 1. The maximum atomic E-state index is 13.0. The van der Waals surface area contributed by atoms with Crippen LogP contribution in [0.5, 0.6) is 0 Å². The number of carboxylic acid groups (broad SMARTS) is 1. The summed E-state index contributed by atoms with van der Waals surface area (Å²) in [5, 5.41) is 12.6. The van der Waals surface area contributed by atoms with Gasteiger partial charge in [-0.2, -0.15) is 0 Å². The van der Waals surface area contributed by atoms with E-state index in [4.69, 9.17) is 0 Å². The highest BCUT2D eigenvalue weighted by Gasteiger charge is 2.38. The number of rotatable bonds is 6. The summed E-state index contributed by atoms with van der Waals surface area (Å²) in [7, 11) is 0. The van der Waals surface area contributed by atoms with Gasteiger partial charge in [-0.25, -0.2) is 0 Å². The summed E-state index contributed by atoms with van der Waals surface area (Å²) < 4.78 is 0. The van der Waals surface area contributed by atoms with E-state index in [2.05, 4.69) is 29.6 Å². The van der Waals surface area contributed by atoms with Crippen LogP contribution in [0.4, 0.5) is 0 Å². The van der Waals surface area contributed by atoms with Crippen LogP contribution in [0.1, 0.15) is 67.2 Å². The first kappa shape index (κ1) is 18.7. The van der Waals surface area contributed by atoms with Gasteiger partial charge in [-0.15, -0.1) is 0 Å². The van der Waals surface area contributed by atoms with E-state index in [0.717, 1.165) is 17.5 Å². The number of carbonyl (C=O) groups is 2. The lowest BCUT2D eigenvalue weighted by atomic mass is 9.79. The third kappa shape index (κ3) is 3.82. The third-order valence-corrected chi connectivity index (χ3v) is 6.44. The van der Waals surface area contributed by atoms with Crippen molar-refractivity contribution < 1.29 is 14.7 Å². The van der Waals surface area contributed by atoms with Crippen molar-refractivity contribution in [3.8, 4) is 0 Å². The molecule has 2 aliphatic carbocycles. The number of benzene rings is 2. The molecule has 3 atom stereocenters. The molecule has 0 aromatic heterocycles. The van der Waals surface area contributed by atoms with E-state index in [0.29, 0.717) is 18.8 Å². The number of hydrogen-bond donors (Lipinski definition) is 2. The summed E-state index contributed by atoms with van der Waals surface area (Å²) in [6, 6.07) is 18.2. The zero-order chi connectivity index (χ0) is 19.5. The molecule has 2 N–H and O–H groups in total. The second-order valence-corrected chi connectivity index (χ2v) is 8.13. The van der Waals surface area contributed by atoms with E-state index in [9.17, 15) is 14.7 Å². The molecule has 2 fully saturated rings. The molecular weight excluding hydrogens is 350 g/mol. The molecule has 0 heterocycles. The van der Waals surface area contributed by atoms with E-state index < -0.39 is 17.8 Å². The van der Waals surface area contributed by atoms with Crippen molar-refractivity contribution >= 4 is 11.9 Å². The van der Waals surface area contributed by atoms with Gasteiger partial charge in [0, 0.05) is 0 Å². The van der Waals surface area contributed by atoms with Gasteiger partial charge >= 0.3 is 5.97 Å². The maximum absolute atomic E-state index is 13.0. The second kappa shape index (κ2) is 8.17. The molecule has 0 aliphatic heterocycles. The number of carbonyl (C=O) groups excluding carboxylic acids is 1. The Balaban J connectivity index is 1.57. The second-order valence-electron chi connectivity index (χ2n) is 8.13. The van der Waals surface area contributed by atoms with Gasteiger partial charge in [0.25, 0.3) is 0 Å². The highest BCUT2D eigenvalue weighted by atomic mass is 16.4. The molecule has 2 aromatic carbocycles. The highest BCUT2D eigenvalue weighted by molar-refractivity contribution is 5.85. The average Bonchev–Trinajstić information content (AvgIpc) is 3.16. The SMILES string of the molecule is O=C(O)C1CCCC1C(=O)NC(c1ccccc1)c1ccc(C2CCC2)cc1. The minimum Gasteiger partial charge on any atom is -0.481 e. The summed E-state index contributed by atoms with van der Waals surface area (Å²) in [4.78, 5) is 24.5. The van der Waals surface area contributed by atoms with Crippen molar-refractivity contribution in [1.29, 1.82) is 0 Å². The minimum atomic E-state index is -0.862. The summed E-state index contributed by atoms with van der Waals surface area (Å²) in [5.74, 6) is -1.36. The van der Waals surface area contributed by atoms with Crippen LogP contribution in [0.3, 0.4) is 0 Å². The van der Waals surface area contributed by atoms with E-state index >= 15 is 0 Å². The normalized spacial score (nSPS) is 23.0. The van der Waals surface area contributed by atoms with Gasteiger partial charge in [-0.05, 0) is 48.3 Å². The average molecular weight is 377 g/mol. The van der Waals surface area contributed by atoms with Gasteiger partial charge in [-0.3, -0.25) is 9.59 Å². The topological polar surface area (TPSA) is 66.4 Å². The fraction of sp³-hybridized carbons (Fsp3) is 0.417. The van der Waals surface area contributed by atoms with Gasteiger partial charge in [0.05, 0.1) is 17.9 Å². The fourth-order valence-corrected chi connectivity index (χ4v) is 4.53. The molecule has 0 spiro atoms. The third-order valence-electron chi connectivity index (χ3n) is 6.44. The molecule has 4 rings (SSSR count). The molecule has 0 saturated heterocycles. The van der Waals surface area contributed by atoms with Crippen LogP contribution in [-0.2, 0) is 9.59 Å². The Kier molecular flexibility index (Phi) is 5.47. The van der Waals surface area contributed by atoms with Crippen molar-refractivity contribution in [2.75, 3.05) is 0 Å². The number of aliphatic carboxylic acids is 1. The molecule has 146 valence electrons. The van der Waals surface area contributed by atoms with Crippen LogP contribution in [0.2, 0.25) is 0 Å². The van der Waals surface area contributed by atoms with E-state index in [-0.39, 0.29) is 11.9 Å². The number of carboxylic acids is 1. The Morgan fingerprint density at radius 3 is 2.04 bits per heavy atom. The van der Waals surface area contributed by atoms with Gasteiger partial charge in [-0.1, -0.05) is 67.4 Å². The van der Waals surface area contributed by atoms with Crippen LogP contribution >= 0.6 is 0 Å². The molecule has 2 aromatic rings. The van der Waals surface area contributed by atoms with Crippen molar-refractivity contribution in [3.05, 3.63) is 71.3 Å². The van der Waals surface area contributed by atoms with Gasteiger partial charge in [0.2, 0.25) is 5.91 Å². The van der Waals surface area contributed by atoms with Gasteiger partial charge < -0.3 is 10.4 Å². The molecular formula is C24H27NO3. The molecule has 3 unspecified atom stereocenters. The Labute approximate surface area is 166 Å². The van der Waals surface area contributed by atoms with Crippen molar-refractivity contribution in [2.24, 2.45) is 11.8 Å². The first-order valence-electron chi connectivity index (χ1n) is 10.3. The monoisotopic (exact) mass is 377 g/mol. The van der Waals surface area contributed by atoms with Crippen LogP contribution in [-0.4, -0.2) is 17.0 Å². The van der Waals surface area contributed by atoms with Crippen molar-refractivity contribution in [3.63, 3.8) is 0 Å². The maximum Gasteiger partial charge on any atom is 0.307 e. The Morgan fingerprint density at radius 1 is 0.821 bits per heavy atom. The smallest absolute Gasteiger partial charge is 0.307 e. The molecule has 2 aliphatic rings. The lowest BCUT2D eigenvalue weighted by Crippen LogP contribution is -2.37. The molecule has 4 nitrogen and oxygen atoms in total. The molecule has 2 saturated carbocycles. The minimum absolute atomic E-state index is 0.151. The van der Waals surface area contributed by atoms with Crippen molar-refractivity contribution in [1.82, 2.24) is 5.32 Å². The van der Waals surface area contributed by atoms with Gasteiger partial charge in [0.1, 0.15) is 0 Å². The first-order valence-corrected chi connectivity index (χ1v) is 10.3. The summed E-state index contributed by atoms with van der Waals surface area (Å²) in [5.41, 5.74) is 3.42. The number of hydrogen-bond acceptors (Lipinski definition) is 2. The Morgan fingerprint density at radius 2 is 1.43 bits per heavy atom. The first-order chi connectivity index (χ1) is 13.6. The molecule has 0 bridgehead atoms. The van der Waals surface area contributed by atoms with Crippen LogP contribution in [0, 0.1) is 11.8 Å². The molecule has 28 heavy (non-hydrogen) atoms. The molecule has 4 heteroatoms. The van der Waals surface area contributed by atoms with E-state index in [1.165, 1.54) is 24.8 Å². The lowest BCUT2D eigenvalue weighted by Gasteiger charge is -2.27. The summed E-state index contributed by atoms with van der Waals surface area (Å²) >= 11 is 0. The van der Waals surface area contributed by atoms with Crippen LogP contribution in [0.15, 0.2) is 54.6 Å². The van der Waals surface area contributed by atoms with Crippen LogP contribution < -0.4 is 5.32 Å². The molecule has 1 amide bonds. The molecule has 0 radical (unpaired) electrons. The Bertz CT molecular complexity index is 827. The Hall–Kier alpha value is -2.62. The largest absolute Gasteiger partial charge is 0.481 e. The standard InChI is InChI=1S/C24H27NO3/c26-23(20-10-5-11-21(20)24(27)28)25-22(18-6-2-1-3-7-18)19-14-12-17(13-15-19)16-8-4-9-16/h1-3,6-7,12-16,20-22H,4-5,8-11H2,(H,25,26)(H,27,28). The van der Waals surface area contributed by atoms with E-state index in [1.807, 2.05) is 30.3 Å².